The monoisotopic (exact) mass is 360 g/mol. The number of fused-ring (bicyclic) bond motifs is 1. The molecule has 5 nitrogen and oxygen atoms in total. The predicted octanol–water partition coefficient (Wildman–Crippen LogP) is 4.05. The van der Waals surface area contributed by atoms with Gasteiger partial charge in [0.15, 0.2) is 11.5 Å². The molecule has 0 N–H and O–H groups in total. The maximum Gasteiger partial charge on any atom is 0.353 e. The SMILES string of the molecule is COC(=O)c1ccc(OC(=O)c2cc3c(F)cccc3s2)c(OC)c1. The van der Waals surface area contributed by atoms with Gasteiger partial charge < -0.3 is 14.2 Å². The van der Waals surface area contributed by atoms with Crippen molar-refractivity contribution >= 4 is 33.4 Å². The first kappa shape index (κ1) is 16.9. The van der Waals surface area contributed by atoms with Crippen LogP contribution in [-0.2, 0) is 4.74 Å². The van der Waals surface area contributed by atoms with Gasteiger partial charge in [-0.1, -0.05) is 6.07 Å². The molecule has 0 bridgehead atoms. The maximum atomic E-state index is 13.8. The summed E-state index contributed by atoms with van der Waals surface area (Å²) in [5.41, 5.74) is 0.267. The fraction of sp³-hybridized carbons (Fsp3) is 0.111. The van der Waals surface area contributed by atoms with Gasteiger partial charge in [0.05, 0.1) is 19.8 Å². The summed E-state index contributed by atoms with van der Waals surface area (Å²) in [5.74, 6) is -1.20. The van der Waals surface area contributed by atoms with Crippen LogP contribution < -0.4 is 9.47 Å². The van der Waals surface area contributed by atoms with Crippen molar-refractivity contribution < 1.29 is 28.2 Å². The molecule has 3 rings (SSSR count). The molecule has 0 fully saturated rings. The number of hydrogen-bond acceptors (Lipinski definition) is 6. The Morgan fingerprint density at radius 2 is 1.80 bits per heavy atom. The zero-order valence-electron chi connectivity index (χ0n) is 13.4. The van der Waals surface area contributed by atoms with Gasteiger partial charge in [-0.25, -0.2) is 14.0 Å². The molecule has 0 saturated heterocycles. The van der Waals surface area contributed by atoms with Crippen LogP contribution in [0.15, 0.2) is 42.5 Å². The number of methoxy groups -OCH3 is 2. The summed E-state index contributed by atoms with van der Waals surface area (Å²) in [4.78, 5) is 24.2. The van der Waals surface area contributed by atoms with Gasteiger partial charge >= 0.3 is 11.9 Å². The lowest BCUT2D eigenvalue weighted by molar-refractivity contribution is 0.0600. The minimum atomic E-state index is -0.635. The Labute approximate surface area is 146 Å². The fourth-order valence-electron chi connectivity index (χ4n) is 2.27. The number of carbonyl (C=O) groups excluding carboxylic acids is 2. The Morgan fingerprint density at radius 1 is 1.00 bits per heavy atom. The van der Waals surface area contributed by atoms with E-state index >= 15 is 0 Å². The Kier molecular flexibility index (Phi) is 4.67. The Morgan fingerprint density at radius 3 is 2.48 bits per heavy atom. The van der Waals surface area contributed by atoms with Crippen LogP contribution in [0, 0.1) is 5.82 Å². The molecule has 0 aliphatic carbocycles. The lowest BCUT2D eigenvalue weighted by Crippen LogP contribution is -2.08. The number of rotatable bonds is 4. The van der Waals surface area contributed by atoms with Gasteiger partial charge in [-0.3, -0.25) is 0 Å². The molecule has 0 radical (unpaired) electrons. The van der Waals surface area contributed by atoms with Crippen LogP contribution in [0.1, 0.15) is 20.0 Å². The fourth-order valence-corrected chi connectivity index (χ4v) is 3.22. The van der Waals surface area contributed by atoms with Crippen molar-refractivity contribution in [3.8, 4) is 11.5 Å². The van der Waals surface area contributed by atoms with E-state index in [1.807, 2.05) is 0 Å². The number of benzene rings is 2. The van der Waals surface area contributed by atoms with Crippen molar-refractivity contribution in [2.75, 3.05) is 14.2 Å². The number of thiophene rings is 1. The number of halogens is 1. The Hall–Kier alpha value is -2.93. The van der Waals surface area contributed by atoms with E-state index in [1.54, 1.807) is 12.1 Å². The molecular weight excluding hydrogens is 347 g/mol. The predicted molar refractivity (Wildman–Crippen MR) is 91.1 cm³/mol. The van der Waals surface area contributed by atoms with Gasteiger partial charge in [-0.2, -0.15) is 0 Å². The second-order valence-electron chi connectivity index (χ2n) is 5.01. The highest BCUT2D eigenvalue weighted by atomic mass is 32.1. The normalized spacial score (nSPS) is 10.5. The third-order valence-corrected chi connectivity index (χ3v) is 4.58. The summed E-state index contributed by atoms with van der Waals surface area (Å²) < 4.78 is 29.5. The van der Waals surface area contributed by atoms with E-state index < -0.39 is 17.8 Å². The average molecular weight is 360 g/mol. The summed E-state index contributed by atoms with van der Waals surface area (Å²) in [7, 11) is 2.66. The van der Waals surface area contributed by atoms with E-state index in [9.17, 15) is 14.0 Å². The van der Waals surface area contributed by atoms with Crippen LogP contribution in [0.5, 0.6) is 11.5 Å². The van der Waals surface area contributed by atoms with Crippen molar-refractivity contribution in [1.29, 1.82) is 0 Å². The summed E-state index contributed by atoms with van der Waals surface area (Å²) in [6.07, 6.45) is 0. The van der Waals surface area contributed by atoms with Crippen LogP contribution in [0.2, 0.25) is 0 Å². The van der Waals surface area contributed by atoms with E-state index in [4.69, 9.17) is 9.47 Å². The van der Waals surface area contributed by atoms with E-state index in [0.717, 1.165) is 11.3 Å². The smallest absolute Gasteiger partial charge is 0.353 e. The molecule has 0 saturated carbocycles. The number of esters is 2. The molecule has 1 heterocycles. The summed E-state index contributed by atoms with van der Waals surface area (Å²) >= 11 is 1.13. The highest BCUT2D eigenvalue weighted by Crippen LogP contribution is 2.32. The quantitative estimate of drug-likeness (QED) is 0.519. The molecule has 0 unspecified atom stereocenters. The van der Waals surface area contributed by atoms with Crippen LogP contribution in [0.3, 0.4) is 0 Å². The molecule has 0 atom stereocenters. The average Bonchev–Trinajstić information content (AvgIpc) is 3.07. The maximum absolute atomic E-state index is 13.8. The van der Waals surface area contributed by atoms with E-state index in [0.29, 0.717) is 10.1 Å². The minimum Gasteiger partial charge on any atom is -0.493 e. The lowest BCUT2D eigenvalue weighted by Gasteiger charge is -2.09. The van der Waals surface area contributed by atoms with Crippen LogP contribution in [0.4, 0.5) is 4.39 Å². The third kappa shape index (κ3) is 3.32. The van der Waals surface area contributed by atoms with Crippen molar-refractivity contribution in [3.05, 3.63) is 58.7 Å². The van der Waals surface area contributed by atoms with Gasteiger partial charge in [0, 0.05) is 10.1 Å². The molecule has 1 aromatic heterocycles. The second kappa shape index (κ2) is 6.90. The van der Waals surface area contributed by atoms with E-state index in [2.05, 4.69) is 4.74 Å². The zero-order valence-corrected chi connectivity index (χ0v) is 14.2. The second-order valence-corrected chi connectivity index (χ2v) is 6.09. The van der Waals surface area contributed by atoms with Crippen LogP contribution >= 0.6 is 11.3 Å². The molecular formula is C18H13FO5S. The largest absolute Gasteiger partial charge is 0.493 e. The first-order valence-corrected chi connectivity index (χ1v) is 8.01. The molecule has 25 heavy (non-hydrogen) atoms. The molecule has 0 aliphatic heterocycles. The molecule has 0 spiro atoms. The van der Waals surface area contributed by atoms with Gasteiger partial charge in [0.2, 0.25) is 0 Å². The highest BCUT2D eigenvalue weighted by molar-refractivity contribution is 7.20. The van der Waals surface area contributed by atoms with Crippen LogP contribution in [0.25, 0.3) is 10.1 Å². The number of carbonyl (C=O) groups is 2. The zero-order chi connectivity index (χ0) is 18.0. The van der Waals surface area contributed by atoms with Crippen molar-refractivity contribution in [1.82, 2.24) is 0 Å². The van der Waals surface area contributed by atoms with Crippen molar-refractivity contribution in [3.63, 3.8) is 0 Å². The minimum absolute atomic E-state index is 0.151. The topological polar surface area (TPSA) is 61.8 Å². The Bertz CT molecular complexity index is 963. The van der Waals surface area contributed by atoms with E-state index in [1.165, 1.54) is 44.6 Å². The first-order valence-electron chi connectivity index (χ1n) is 7.20. The van der Waals surface area contributed by atoms with Crippen molar-refractivity contribution in [2.45, 2.75) is 0 Å². The number of hydrogen-bond donors (Lipinski definition) is 0. The standard InChI is InChI=1S/C18H13FO5S/c1-22-14-8-10(17(20)23-2)6-7-13(14)24-18(21)16-9-11-12(19)4-3-5-15(11)25-16/h3-9H,1-2H3. The molecule has 2 aromatic carbocycles. The van der Waals surface area contributed by atoms with Crippen molar-refractivity contribution in [2.24, 2.45) is 0 Å². The molecule has 3 aromatic rings. The summed E-state index contributed by atoms with van der Waals surface area (Å²) in [6.45, 7) is 0. The van der Waals surface area contributed by atoms with Gasteiger partial charge in [-0.05, 0) is 36.4 Å². The highest BCUT2D eigenvalue weighted by Gasteiger charge is 2.18. The summed E-state index contributed by atoms with van der Waals surface area (Å²) in [6, 6.07) is 10.4. The van der Waals surface area contributed by atoms with Gasteiger partial charge in [0.1, 0.15) is 10.7 Å². The Balaban J connectivity index is 1.89. The van der Waals surface area contributed by atoms with Gasteiger partial charge in [0.25, 0.3) is 0 Å². The molecule has 128 valence electrons. The molecule has 0 amide bonds. The van der Waals surface area contributed by atoms with E-state index in [-0.39, 0.29) is 21.9 Å². The summed E-state index contributed by atoms with van der Waals surface area (Å²) in [5, 5.41) is 0.368. The lowest BCUT2D eigenvalue weighted by atomic mass is 10.2. The van der Waals surface area contributed by atoms with Crippen LogP contribution in [-0.4, -0.2) is 26.2 Å². The number of ether oxygens (including phenoxy) is 3. The third-order valence-electron chi connectivity index (χ3n) is 3.50. The van der Waals surface area contributed by atoms with Gasteiger partial charge in [-0.15, -0.1) is 11.3 Å². The molecule has 7 heteroatoms. The first-order chi connectivity index (χ1) is 12.0. The molecule has 0 aliphatic rings.